The first-order chi connectivity index (χ1) is 15.4. The van der Waals surface area contributed by atoms with E-state index in [0.29, 0.717) is 37.1 Å². The van der Waals surface area contributed by atoms with Crippen molar-refractivity contribution in [1.82, 2.24) is 19.6 Å². The Morgan fingerprint density at radius 1 is 1.00 bits per heavy atom. The van der Waals surface area contributed by atoms with Crippen LogP contribution in [-0.4, -0.2) is 58.6 Å². The molecule has 2 amide bonds. The van der Waals surface area contributed by atoms with Crippen LogP contribution < -0.4 is 4.74 Å². The lowest BCUT2D eigenvalue weighted by atomic mass is 9.81. The molecule has 1 fully saturated rings. The molecule has 3 aromatic rings. The number of benzene rings is 2. The fourth-order valence-corrected chi connectivity index (χ4v) is 4.75. The van der Waals surface area contributed by atoms with Gasteiger partial charge < -0.3 is 14.5 Å². The number of carbonyl (C=O) groups is 2. The van der Waals surface area contributed by atoms with Gasteiger partial charge in [-0.05, 0) is 24.3 Å². The van der Waals surface area contributed by atoms with Gasteiger partial charge in [-0.25, -0.2) is 0 Å². The highest BCUT2D eigenvalue weighted by atomic mass is 16.5. The van der Waals surface area contributed by atoms with Crippen LogP contribution in [0.2, 0.25) is 0 Å². The molecule has 0 N–H and O–H groups in total. The summed E-state index contributed by atoms with van der Waals surface area (Å²) in [6.45, 7) is 1.08. The first-order valence-electron chi connectivity index (χ1n) is 10.8. The molecule has 1 aromatic heterocycles. The summed E-state index contributed by atoms with van der Waals surface area (Å²) < 4.78 is 8.41. The van der Waals surface area contributed by atoms with Gasteiger partial charge in [-0.1, -0.05) is 24.3 Å². The number of hydrogen-bond donors (Lipinski definition) is 0. The lowest BCUT2D eigenvalue weighted by molar-refractivity contribution is -0.00172. The third kappa shape index (κ3) is 3.16. The summed E-state index contributed by atoms with van der Waals surface area (Å²) in [6, 6.07) is 15.0. The minimum Gasteiger partial charge on any atom is -0.482 e. The highest BCUT2D eigenvalue weighted by Gasteiger charge is 2.46. The van der Waals surface area contributed by atoms with E-state index < -0.39 is 5.60 Å². The predicted molar refractivity (Wildman–Crippen MR) is 121 cm³/mol. The highest BCUT2D eigenvalue weighted by molar-refractivity contribution is 6.07. The van der Waals surface area contributed by atoms with Gasteiger partial charge in [-0.15, -0.1) is 0 Å². The molecular formula is C25H26N4O3. The number of likely N-dealkylation sites (tertiary alicyclic amines) is 1. The van der Waals surface area contributed by atoms with E-state index >= 15 is 0 Å². The van der Waals surface area contributed by atoms with Gasteiger partial charge in [0.25, 0.3) is 11.8 Å². The monoisotopic (exact) mass is 430 g/mol. The van der Waals surface area contributed by atoms with Gasteiger partial charge in [-0.2, -0.15) is 5.10 Å². The van der Waals surface area contributed by atoms with Gasteiger partial charge in [0.2, 0.25) is 0 Å². The van der Waals surface area contributed by atoms with Crippen molar-refractivity contribution in [1.29, 1.82) is 0 Å². The van der Waals surface area contributed by atoms with Crippen molar-refractivity contribution in [2.75, 3.05) is 27.2 Å². The molecule has 0 radical (unpaired) electrons. The SMILES string of the molecule is CN(C)C(=O)c1ccccc1C(=O)N1CCC2(CC1)Oc1ccccc1-c1nn(C)cc12. The zero-order valence-corrected chi connectivity index (χ0v) is 18.5. The standard InChI is InChI=1S/C25H26N4O3/c1-27(2)23(30)17-8-4-5-9-18(17)24(31)29-14-12-25(13-15-29)20-16-28(3)26-22(20)19-10-6-7-11-21(19)32-25/h4-11,16H,12-15H2,1-3H3. The summed E-state index contributed by atoms with van der Waals surface area (Å²) >= 11 is 0. The van der Waals surface area contributed by atoms with E-state index in [1.165, 1.54) is 4.90 Å². The Morgan fingerprint density at radius 2 is 1.66 bits per heavy atom. The molecule has 5 rings (SSSR count). The zero-order chi connectivity index (χ0) is 22.5. The third-order valence-electron chi connectivity index (χ3n) is 6.42. The molecule has 0 aliphatic carbocycles. The molecule has 1 spiro atoms. The maximum absolute atomic E-state index is 13.4. The van der Waals surface area contributed by atoms with Gasteiger partial charge in [0.1, 0.15) is 17.0 Å². The second-order valence-electron chi connectivity index (χ2n) is 8.69. The average Bonchev–Trinajstić information content (AvgIpc) is 3.21. The lowest BCUT2D eigenvalue weighted by Crippen LogP contribution is -2.49. The highest BCUT2D eigenvalue weighted by Crippen LogP contribution is 2.48. The largest absolute Gasteiger partial charge is 0.482 e. The molecule has 0 unspecified atom stereocenters. The first-order valence-corrected chi connectivity index (χ1v) is 10.8. The van der Waals surface area contributed by atoms with Gasteiger partial charge >= 0.3 is 0 Å². The number of amides is 2. The number of piperidine rings is 1. The summed E-state index contributed by atoms with van der Waals surface area (Å²) in [4.78, 5) is 29.3. The zero-order valence-electron chi connectivity index (χ0n) is 18.5. The summed E-state index contributed by atoms with van der Waals surface area (Å²) in [7, 11) is 5.31. The second kappa shape index (κ2) is 7.51. The maximum Gasteiger partial charge on any atom is 0.254 e. The molecule has 3 heterocycles. The molecule has 2 aromatic carbocycles. The molecule has 0 bridgehead atoms. The number of carbonyl (C=O) groups excluding carboxylic acids is 2. The van der Waals surface area contributed by atoms with Crippen LogP contribution in [0.3, 0.4) is 0 Å². The minimum absolute atomic E-state index is 0.117. The number of aromatic nitrogens is 2. The number of hydrogen-bond acceptors (Lipinski definition) is 4. The predicted octanol–water partition coefficient (Wildman–Crippen LogP) is 3.31. The van der Waals surface area contributed by atoms with E-state index in [9.17, 15) is 9.59 Å². The van der Waals surface area contributed by atoms with E-state index in [-0.39, 0.29) is 11.8 Å². The van der Waals surface area contributed by atoms with Crippen molar-refractivity contribution in [2.24, 2.45) is 7.05 Å². The van der Waals surface area contributed by atoms with E-state index in [0.717, 1.165) is 22.6 Å². The smallest absolute Gasteiger partial charge is 0.254 e. The van der Waals surface area contributed by atoms with Crippen LogP contribution in [0, 0.1) is 0 Å². The van der Waals surface area contributed by atoms with Crippen molar-refractivity contribution >= 4 is 11.8 Å². The van der Waals surface area contributed by atoms with Gasteiger partial charge in [0.05, 0.1) is 11.1 Å². The average molecular weight is 431 g/mol. The summed E-state index contributed by atoms with van der Waals surface area (Å²) in [5, 5.41) is 4.71. The Balaban J connectivity index is 1.42. The van der Waals surface area contributed by atoms with E-state index in [1.807, 2.05) is 47.1 Å². The van der Waals surface area contributed by atoms with E-state index in [1.54, 1.807) is 38.4 Å². The van der Waals surface area contributed by atoms with Gasteiger partial charge in [0.15, 0.2) is 0 Å². The Labute approximate surface area is 187 Å². The first kappa shape index (κ1) is 20.3. The molecule has 0 saturated carbocycles. The molecule has 164 valence electrons. The topological polar surface area (TPSA) is 67.7 Å². The maximum atomic E-state index is 13.4. The molecule has 32 heavy (non-hydrogen) atoms. The number of ether oxygens (including phenoxy) is 1. The molecule has 1 saturated heterocycles. The normalized spacial score (nSPS) is 16.2. The number of para-hydroxylation sites is 1. The van der Waals surface area contributed by atoms with Crippen LogP contribution in [0.4, 0.5) is 0 Å². The van der Waals surface area contributed by atoms with Crippen LogP contribution in [0.25, 0.3) is 11.3 Å². The van der Waals surface area contributed by atoms with E-state index in [4.69, 9.17) is 9.84 Å². The van der Waals surface area contributed by atoms with Crippen LogP contribution in [-0.2, 0) is 12.6 Å². The van der Waals surface area contributed by atoms with Crippen LogP contribution in [0.15, 0.2) is 54.7 Å². The molecular weight excluding hydrogens is 404 g/mol. The fourth-order valence-electron chi connectivity index (χ4n) is 4.75. The Hall–Kier alpha value is -3.61. The molecule has 2 aliphatic rings. The molecule has 7 heteroatoms. The number of rotatable bonds is 2. The van der Waals surface area contributed by atoms with Crippen LogP contribution in [0.5, 0.6) is 5.75 Å². The number of aryl methyl sites for hydroxylation is 1. The van der Waals surface area contributed by atoms with Crippen molar-refractivity contribution in [3.63, 3.8) is 0 Å². The quantitative estimate of drug-likeness (QED) is 0.626. The third-order valence-corrected chi connectivity index (χ3v) is 6.42. The molecule has 2 aliphatic heterocycles. The summed E-state index contributed by atoms with van der Waals surface area (Å²) in [5.74, 6) is 0.545. The van der Waals surface area contributed by atoms with Crippen molar-refractivity contribution in [3.05, 3.63) is 71.4 Å². The van der Waals surface area contributed by atoms with Gasteiger partial charge in [0, 0.05) is 64.4 Å². The number of nitrogens with zero attached hydrogens (tertiary/aromatic N) is 4. The minimum atomic E-state index is -0.506. The Bertz CT molecular complexity index is 1210. The lowest BCUT2D eigenvalue weighted by Gasteiger charge is -2.44. The Morgan fingerprint density at radius 3 is 2.38 bits per heavy atom. The summed E-state index contributed by atoms with van der Waals surface area (Å²) in [5.41, 5.74) is 3.40. The van der Waals surface area contributed by atoms with Crippen molar-refractivity contribution in [2.45, 2.75) is 18.4 Å². The summed E-state index contributed by atoms with van der Waals surface area (Å²) in [6.07, 6.45) is 3.36. The van der Waals surface area contributed by atoms with Crippen molar-refractivity contribution in [3.8, 4) is 17.0 Å². The molecule has 0 atom stereocenters. The van der Waals surface area contributed by atoms with Crippen molar-refractivity contribution < 1.29 is 14.3 Å². The van der Waals surface area contributed by atoms with Crippen LogP contribution >= 0.6 is 0 Å². The van der Waals surface area contributed by atoms with Gasteiger partial charge in [-0.3, -0.25) is 14.3 Å². The van der Waals surface area contributed by atoms with Crippen LogP contribution in [0.1, 0.15) is 39.1 Å². The Kier molecular flexibility index (Phi) is 4.77. The fraction of sp³-hybridized carbons (Fsp3) is 0.320. The van der Waals surface area contributed by atoms with E-state index in [2.05, 4.69) is 0 Å². The molecule has 7 nitrogen and oxygen atoms in total. The number of fused-ring (bicyclic) bond motifs is 4. The second-order valence-corrected chi connectivity index (χ2v) is 8.69.